The highest BCUT2D eigenvalue weighted by molar-refractivity contribution is 5.79. The largest absolute Gasteiger partial charge is 0.380 e. The van der Waals surface area contributed by atoms with Gasteiger partial charge in [-0.15, -0.1) is 0 Å². The molecule has 108 valence electrons. The molecule has 0 spiro atoms. The summed E-state index contributed by atoms with van der Waals surface area (Å²) >= 11 is 0. The average molecular weight is 282 g/mol. The Morgan fingerprint density at radius 3 is 3.10 bits per heavy atom. The number of H-pyrrole nitrogens is 1. The van der Waals surface area contributed by atoms with E-state index in [2.05, 4.69) is 22.2 Å². The minimum absolute atomic E-state index is 0.0405. The van der Waals surface area contributed by atoms with Crippen molar-refractivity contribution in [2.75, 3.05) is 5.32 Å². The third kappa shape index (κ3) is 2.81. The van der Waals surface area contributed by atoms with Crippen molar-refractivity contribution < 1.29 is 0 Å². The highest BCUT2D eigenvalue weighted by Crippen LogP contribution is 2.17. The summed E-state index contributed by atoms with van der Waals surface area (Å²) in [6.45, 7) is 3.49. The SMILES string of the molecule is CCCn1cc(NCc2c[nH]c3ncccc23)ccc1=O. The summed E-state index contributed by atoms with van der Waals surface area (Å²) in [5.74, 6) is 0. The van der Waals surface area contributed by atoms with Gasteiger partial charge >= 0.3 is 0 Å². The van der Waals surface area contributed by atoms with Crippen LogP contribution in [0.2, 0.25) is 0 Å². The van der Waals surface area contributed by atoms with Gasteiger partial charge in [0.05, 0.1) is 5.69 Å². The van der Waals surface area contributed by atoms with Crippen LogP contribution in [0.15, 0.2) is 47.7 Å². The predicted molar refractivity (Wildman–Crippen MR) is 84.4 cm³/mol. The highest BCUT2D eigenvalue weighted by atomic mass is 16.1. The number of anilines is 1. The van der Waals surface area contributed by atoms with Crippen LogP contribution in [0.1, 0.15) is 18.9 Å². The first-order chi connectivity index (χ1) is 10.3. The molecule has 3 aromatic heterocycles. The summed E-state index contributed by atoms with van der Waals surface area (Å²) < 4.78 is 1.74. The molecule has 0 aliphatic rings. The monoisotopic (exact) mass is 282 g/mol. The third-order valence-corrected chi connectivity index (χ3v) is 3.47. The standard InChI is InChI=1S/C16H18N4O/c1-2-8-20-11-13(5-6-15(20)21)18-9-12-10-19-16-14(12)4-3-7-17-16/h3-7,10-11,18H,2,8-9H2,1H3,(H,17,19). The number of fused-ring (bicyclic) bond motifs is 1. The molecular formula is C16H18N4O. The summed E-state index contributed by atoms with van der Waals surface area (Å²) in [5.41, 5.74) is 3.04. The van der Waals surface area contributed by atoms with Crippen molar-refractivity contribution >= 4 is 16.7 Å². The van der Waals surface area contributed by atoms with Gasteiger partial charge in [0, 0.05) is 43.1 Å². The number of hydrogen-bond acceptors (Lipinski definition) is 3. The second kappa shape index (κ2) is 5.83. The zero-order valence-corrected chi connectivity index (χ0v) is 12.0. The fourth-order valence-electron chi connectivity index (χ4n) is 2.41. The van der Waals surface area contributed by atoms with Gasteiger partial charge in [0.25, 0.3) is 5.56 Å². The number of rotatable bonds is 5. The Morgan fingerprint density at radius 1 is 1.33 bits per heavy atom. The molecule has 0 aliphatic carbocycles. The van der Waals surface area contributed by atoms with Crippen molar-refractivity contribution in [2.24, 2.45) is 0 Å². The lowest BCUT2D eigenvalue weighted by Gasteiger charge is -2.09. The van der Waals surface area contributed by atoms with Gasteiger partial charge in [-0.3, -0.25) is 4.79 Å². The van der Waals surface area contributed by atoms with E-state index in [-0.39, 0.29) is 5.56 Å². The van der Waals surface area contributed by atoms with Crippen LogP contribution in [0.3, 0.4) is 0 Å². The lowest BCUT2D eigenvalue weighted by molar-refractivity contribution is 0.655. The van der Waals surface area contributed by atoms with Crippen LogP contribution in [0, 0.1) is 0 Å². The maximum Gasteiger partial charge on any atom is 0.250 e. The van der Waals surface area contributed by atoms with E-state index >= 15 is 0 Å². The summed E-state index contributed by atoms with van der Waals surface area (Å²) in [6, 6.07) is 7.41. The Balaban J connectivity index is 1.78. The van der Waals surface area contributed by atoms with Gasteiger partial charge in [-0.2, -0.15) is 0 Å². The summed E-state index contributed by atoms with van der Waals surface area (Å²) in [6.07, 6.45) is 6.56. The topological polar surface area (TPSA) is 62.7 Å². The van der Waals surface area contributed by atoms with Gasteiger partial charge in [-0.05, 0) is 30.2 Å². The van der Waals surface area contributed by atoms with Crippen molar-refractivity contribution in [1.29, 1.82) is 0 Å². The van der Waals surface area contributed by atoms with Crippen molar-refractivity contribution in [3.63, 3.8) is 0 Å². The maximum absolute atomic E-state index is 11.7. The molecule has 2 N–H and O–H groups in total. The Labute approximate surface area is 122 Å². The average Bonchev–Trinajstić information content (AvgIpc) is 2.92. The molecule has 0 bridgehead atoms. The van der Waals surface area contributed by atoms with E-state index in [9.17, 15) is 4.79 Å². The lowest BCUT2D eigenvalue weighted by atomic mass is 10.2. The third-order valence-electron chi connectivity index (χ3n) is 3.47. The molecule has 5 heteroatoms. The van der Waals surface area contributed by atoms with E-state index in [4.69, 9.17) is 0 Å². The molecule has 0 saturated heterocycles. The van der Waals surface area contributed by atoms with Gasteiger partial charge < -0.3 is 14.9 Å². The van der Waals surface area contributed by atoms with Crippen LogP contribution in [-0.4, -0.2) is 14.5 Å². The van der Waals surface area contributed by atoms with Crippen LogP contribution in [0.4, 0.5) is 5.69 Å². The number of hydrogen-bond donors (Lipinski definition) is 2. The first-order valence-electron chi connectivity index (χ1n) is 7.13. The first-order valence-corrected chi connectivity index (χ1v) is 7.13. The maximum atomic E-state index is 11.7. The fraction of sp³-hybridized carbons (Fsp3) is 0.250. The molecule has 0 aliphatic heterocycles. The van der Waals surface area contributed by atoms with E-state index < -0.39 is 0 Å². The molecular weight excluding hydrogens is 264 g/mol. The summed E-state index contributed by atoms with van der Waals surface area (Å²) in [5, 5.41) is 4.48. The Bertz CT molecular complexity index is 803. The Morgan fingerprint density at radius 2 is 2.24 bits per heavy atom. The predicted octanol–water partition coefficient (Wildman–Crippen LogP) is 2.75. The van der Waals surface area contributed by atoms with E-state index in [1.807, 2.05) is 30.6 Å². The van der Waals surface area contributed by atoms with Gasteiger partial charge in [-0.1, -0.05) is 6.92 Å². The van der Waals surface area contributed by atoms with Gasteiger partial charge in [-0.25, -0.2) is 4.98 Å². The number of aryl methyl sites for hydroxylation is 1. The Hall–Kier alpha value is -2.56. The van der Waals surface area contributed by atoms with E-state index in [1.165, 1.54) is 0 Å². The molecule has 0 aromatic carbocycles. The van der Waals surface area contributed by atoms with Crippen LogP contribution in [-0.2, 0) is 13.1 Å². The summed E-state index contributed by atoms with van der Waals surface area (Å²) in [7, 11) is 0. The molecule has 3 heterocycles. The molecule has 0 atom stereocenters. The Kier molecular flexibility index (Phi) is 3.73. The zero-order chi connectivity index (χ0) is 14.7. The summed E-state index contributed by atoms with van der Waals surface area (Å²) in [4.78, 5) is 19.1. The number of nitrogens with one attached hydrogen (secondary N) is 2. The highest BCUT2D eigenvalue weighted by Gasteiger charge is 2.04. The lowest BCUT2D eigenvalue weighted by Crippen LogP contribution is -2.18. The van der Waals surface area contributed by atoms with Crippen molar-refractivity contribution in [1.82, 2.24) is 14.5 Å². The molecule has 21 heavy (non-hydrogen) atoms. The van der Waals surface area contributed by atoms with Crippen molar-refractivity contribution in [3.05, 3.63) is 58.8 Å². The molecule has 3 rings (SSSR count). The van der Waals surface area contributed by atoms with Crippen molar-refractivity contribution in [3.8, 4) is 0 Å². The van der Waals surface area contributed by atoms with Crippen LogP contribution < -0.4 is 10.9 Å². The van der Waals surface area contributed by atoms with Gasteiger partial charge in [0.2, 0.25) is 0 Å². The van der Waals surface area contributed by atoms with Crippen molar-refractivity contribution in [2.45, 2.75) is 26.4 Å². The second-order valence-electron chi connectivity index (χ2n) is 5.02. The molecule has 0 unspecified atom stereocenters. The zero-order valence-electron chi connectivity index (χ0n) is 12.0. The molecule has 0 radical (unpaired) electrons. The first kappa shape index (κ1) is 13.4. The number of pyridine rings is 2. The van der Waals surface area contributed by atoms with Gasteiger partial charge in [0.1, 0.15) is 5.65 Å². The second-order valence-corrected chi connectivity index (χ2v) is 5.02. The fourth-order valence-corrected chi connectivity index (χ4v) is 2.41. The molecule has 0 saturated carbocycles. The molecule has 3 aromatic rings. The number of nitrogens with zero attached hydrogens (tertiary/aromatic N) is 2. The molecule has 5 nitrogen and oxygen atoms in total. The van der Waals surface area contributed by atoms with Crippen LogP contribution in [0.5, 0.6) is 0 Å². The van der Waals surface area contributed by atoms with Crippen LogP contribution >= 0.6 is 0 Å². The quantitative estimate of drug-likeness (QED) is 0.756. The molecule has 0 amide bonds. The van der Waals surface area contributed by atoms with E-state index in [0.717, 1.165) is 35.2 Å². The van der Waals surface area contributed by atoms with Gasteiger partial charge in [0.15, 0.2) is 0 Å². The number of aromatic amines is 1. The van der Waals surface area contributed by atoms with E-state index in [0.29, 0.717) is 6.54 Å². The smallest absolute Gasteiger partial charge is 0.250 e. The molecule has 0 fully saturated rings. The van der Waals surface area contributed by atoms with Crippen LogP contribution in [0.25, 0.3) is 11.0 Å². The number of aromatic nitrogens is 3. The normalized spacial score (nSPS) is 10.9. The van der Waals surface area contributed by atoms with E-state index in [1.54, 1.807) is 16.8 Å². The minimum atomic E-state index is 0.0405. The minimum Gasteiger partial charge on any atom is -0.380 e.